The lowest BCUT2D eigenvalue weighted by molar-refractivity contribution is -0.135. The van der Waals surface area contributed by atoms with Gasteiger partial charge in [0.1, 0.15) is 0 Å². The molecule has 1 amide bonds. The van der Waals surface area contributed by atoms with Gasteiger partial charge in [-0.15, -0.1) is 0 Å². The van der Waals surface area contributed by atoms with Gasteiger partial charge in [-0.2, -0.15) is 4.98 Å². The van der Waals surface area contributed by atoms with Crippen LogP contribution in [0.15, 0.2) is 12.3 Å². The molecule has 2 fully saturated rings. The average Bonchev–Trinajstić information content (AvgIpc) is 3.02. The number of carbonyl (C=O) groups is 1. The third-order valence-corrected chi connectivity index (χ3v) is 4.86. The predicted molar refractivity (Wildman–Crippen MR) is 88.4 cm³/mol. The van der Waals surface area contributed by atoms with Gasteiger partial charge in [-0.25, -0.2) is 4.98 Å². The Bertz CT molecular complexity index is 531. The highest BCUT2D eigenvalue weighted by Crippen LogP contribution is 2.27. The summed E-state index contributed by atoms with van der Waals surface area (Å²) >= 11 is 0. The summed E-state index contributed by atoms with van der Waals surface area (Å²) < 4.78 is 5.14. The first kappa shape index (κ1) is 16.0. The summed E-state index contributed by atoms with van der Waals surface area (Å²) in [5.41, 5.74) is 0. The quantitative estimate of drug-likeness (QED) is 0.923. The lowest BCUT2D eigenvalue weighted by Crippen LogP contribution is -2.42. The normalized spacial score (nSPS) is 22.7. The molecule has 0 bridgehead atoms. The molecule has 1 aliphatic heterocycles. The number of hydrogen-bond donors (Lipinski definition) is 1. The number of methoxy groups -OCH3 is 1. The highest BCUT2D eigenvalue weighted by Gasteiger charge is 2.29. The van der Waals surface area contributed by atoms with E-state index in [9.17, 15) is 4.79 Å². The summed E-state index contributed by atoms with van der Waals surface area (Å²) in [7, 11) is 1.60. The Hall–Kier alpha value is -1.85. The van der Waals surface area contributed by atoms with Gasteiger partial charge in [-0.1, -0.05) is 12.8 Å². The number of hydrogen-bond acceptors (Lipinski definition) is 5. The van der Waals surface area contributed by atoms with Gasteiger partial charge in [0.05, 0.1) is 7.11 Å². The fourth-order valence-electron chi connectivity index (χ4n) is 3.60. The van der Waals surface area contributed by atoms with Crippen molar-refractivity contribution >= 4 is 11.9 Å². The molecular weight excluding hydrogens is 292 g/mol. The second kappa shape index (κ2) is 7.62. The van der Waals surface area contributed by atoms with E-state index in [0.29, 0.717) is 17.7 Å². The zero-order chi connectivity index (χ0) is 16.1. The first-order chi connectivity index (χ1) is 11.3. The van der Waals surface area contributed by atoms with Gasteiger partial charge in [0, 0.05) is 37.3 Å². The Morgan fingerprint density at radius 1 is 1.26 bits per heavy atom. The summed E-state index contributed by atoms with van der Waals surface area (Å²) in [6, 6.07) is 1.93. The largest absolute Gasteiger partial charge is 0.481 e. The van der Waals surface area contributed by atoms with Crippen molar-refractivity contribution in [1.82, 2.24) is 14.9 Å². The van der Waals surface area contributed by atoms with Gasteiger partial charge in [0.15, 0.2) is 0 Å². The highest BCUT2D eigenvalue weighted by molar-refractivity contribution is 5.79. The standard InChI is InChI=1S/C17H26N4O2/c1-23-15-9-10-18-17(20-15)19-14-8-4-5-11-21(12-14)16(22)13-6-2-3-7-13/h9-10,13-14H,2-8,11-12H2,1H3,(H,18,19,20)/t14-/m0/s1. The van der Waals surface area contributed by atoms with Crippen LogP contribution in [0.3, 0.4) is 0 Å². The lowest BCUT2D eigenvalue weighted by atomic mass is 10.1. The first-order valence-electron chi connectivity index (χ1n) is 8.68. The van der Waals surface area contributed by atoms with Crippen molar-refractivity contribution in [2.24, 2.45) is 5.92 Å². The van der Waals surface area contributed by atoms with Crippen molar-refractivity contribution in [3.05, 3.63) is 12.3 Å². The van der Waals surface area contributed by atoms with Gasteiger partial charge >= 0.3 is 0 Å². The maximum atomic E-state index is 12.7. The van der Waals surface area contributed by atoms with Gasteiger partial charge in [-0.05, 0) is 32.1 Å². The molecule has 0 spiro atoms. The molecule has 1 saturated carbocycles. The summed E-state index contributed by atoms with van der Waals surface area (Å²) in [5, 5.41) is 3.37. The van der Waals surface area contributed by atoms with E-state index in [2.05, 4.69) is 20.2 Å². The molecule has 1 N–H and O–H groups in total. The van der Waals surface area contributed by atoms with Crippen LogP contribution in [0, 0.1) is 5.92 Å². The summed E-state index contributed by atoms with van der Waals surface area (Å²) in [6.07, 6.45) is 9.44. The third-order valence-electron chi connectivity index (χ3n) is 4.86. The Morgan fingerprint density at radius 3 is 2.83 bits per heavy atom. The molecule has 6 nitrogen and oxygen atoms in total. The number of ether oxygens (including phenoxy) is 1. The maximum absolute atomic E-state index is 12.7. The van der Waals surface area contributed by atoms with E-state index in [4.69, 9.17) is 4.74 Å². The van der Waals surface area contributed by atoms with E-state index in [1.54, 1.807) is 19.4 Å². The molecule has 2 aliphatic rings. The Morgan fingerprint density at radius 2 is 2.04 bits per heavy atom. The van der Waals surface area contributed by atoms with E-state index in [1.165, 1.54) is 12.8 Å². The van der Waals surface area contributed by atoms with Crippen LogP contribution in [-0.2, 0) is 4.79 Å². The van der Waals surface area contributed by atoms with E-state index in [0.717, 1.165) is 45.2 Å². The minimum atomic E-state index is 0.204. The molecule has 0 radical (unpaired) electrons. The van der Waals surface area contributed by atoms with Gasteiger partial charge in [0.25, 0.3) is 0 Å². The van der Waals surface area contributed by atoms with Gasteiger partial charge in [0.2, 0.25) is 17.7 Å². The Balaban J connectivity index is 1.63. The molecule has 126 valence electrons. The van der Waals surface area contributed by atoms with Crippen LogP contribution in [0.2, 0.25) is 0 Å². The maximum Gasteiger partial charge on any atom is 0.226 e. The van der Waals surface area contributed by atoms with Crippen LogP contribution in [0.5, 0.6) is 5.88 Å². The fourth-order valence-corrected chi connectivity index (χ4v) is 3.60. The van der Waals surface area contributed by atoms with Crippen LogP contribution in [0.1, 0.15) is 44.9 Å². The Labute approximate surface area is 137 Å². The molecule has 0 unspecified atom stereocenters. The molecule has 1 aromatic rings. The van der Waals surface area contributed by atoms with Crippen LogP contribution in [0.4, 0.5) is 5.95 Å². The van der Waals surface area contributed by atoms with Gasteiger partial charge in [-0.3, -0.25) is 4.79 Å². The van der Waals surface area contributed by atoms with E-state index in [1.807, 2.05) is 0 Å². The first-order valence-corrected chi connectivity index (χ1v) is 8.68. The average molecular weight is 318 g/mol. The lowest BCUT2D eigenvalue weighted by Gasteiger charge is -2.27. The number of amides is 1. The van der Waals surface area contributed by atoms with E-state index in [-0.39, 0.29) is 12.0 Å². The fraction of sp³-hybridized carbons (Fsp3) is 0.706. The van der Waals surface area contributed by atoms with Crippen molar-refractivity contribution in [3.8, 4) is 5.88 Å². The summed E-state index contributed by atoms with van der Waals surface area (Å²) in [4.78, 5) is 23.3. The monoisotopic (exact) mass is 318 g/mol. The zero-order valence-corrected chi connectivity index (χ0v) is 13.8. The van der Waals surface area contributed by atoms with Crippen LogP contribution in [0.25, 0.3) is 0 Å². The van der Waals surface area contributed by atoms with Crippen molar-refractivity contribution in [2.75, 3.05) is 25.5 Å². The SMILES string of the molecule is COc1ccnc(N[C@H]2CCCCN(C(=O)C3CCCC3)C2)n1. The highest BCUT2D eigenvalue weighted by atomic mass is 16.5. The molecule has 0 aromatic carbocycles. The molecule has 1 aromatic heterocycles. The number of rotatable bonds is 4. The summed E-state index contributed by atoms with van der Waals surface area (Å²) in [5.74, 6) is 1.73. The minimum absolute atomic E-state index is 0.204. The molecular formula is C17H26N4O2. The molecule has 2 heterocycles. The molecule has 6 heteroatoms. The zero-order valence-electron chi connectivity index (χ0n) is 13.8. The number of anilines is 1. The van der Waals surface area contributed by atoms with Crippen LogP contribution in [-0.4, -0.2) is 47.0 Å². The van der Waals surface area contributed by atoms with Crippen molar-refractivity contribution in [2.45, 2.75) is 51.0 Å². The topological polar surface area (TPSA) is 67.3 Å². The second-order valence-corrected chi connectivity index (χ2v) is 6.53. The number of nitrogens with one attached hydrogen (secondary N) is 1. The summed E-state index contributed by atoms with van der Waals surface area (Å²) in [6.45, 7) is 1.63. The van der Waals surface area contributed by atoms with Crippen molar-refractivity contribution in [3.63, 3.8) is 0 Å². The Kier molecular flexibility index (Phi) is 5.31. The minimum Gasteiger partial charge on any atom is -0.481 e. The van der Waals surface area contributed by atoms with Crippen molar-refractivity contribution in [1.29, 1.82) is 0 Å². The van der Waals surface area contributed by atoms with E-state index >= 15 is 0 Å². The molecule has 23 heavy (non-hydrogen) atoms. The predicted octanol–water partition coefficient (Wildman–Crippen LogP) is 2.47. The smallest absolute Gasteiger partial charge is 0.226 e. The third kappa shape index (κ3) is 4.12. The van der Waals surface area contributed by atoms with Crippen LogP contribution >= 0.6 is 0 Å². The van der Waals surface area contributed by atoms with Crippen molar-refractivity contribution < 1.29 is 9.53 Å². The molecule has 1 aliphatic carbocycles. The molecule has 3 rings (SSSR count). The number of carbonyl (C=O) groups excluding carboxylic acids is 1. The molecule has 1 saturated heterocycles. The number of nitrogens with zero attached hydrogens (tertiary/aromatic N) is 3. The number of likely N-dealkylation sites (tertiary alicyclic amines) is 1. The molecule has 1 atom stereocenters. The second-order valence-electron chi connectivity index (χ2n) is 6.53. The van der Waals surface area contributed by atoms with E-state index < -0.39 is 0 Å². The van der Waals surface area contributed by atoms with Gasteiger partial charge < -0.3 is 15.0 Å². The van der Waals surface area contributed by atoms with Crippen LogP contribution < -0.4 is 10.1 Å². The number of aromatic nitrogens is 2.